The van der Waals surface area contributed by atoms with Crippen LogP contribution < -0.4 is 4.90 Å². The van der Waals surface area contributed by atoms with Crippen molar-refractivity contribution in [2.45, 2.75) is 31.3 Å². The smallest absolute Gasteiger partial charge is 0.240 e. The number of carbonyl (C=O) groups is 1. The highest BCUT2D eigenvalue weighted by Gasteiger charge is 2.40. The van der Waals surface area contributed by atoms with Gasteiger partial charge < -0.3 is 14.5 Å². The zero-order chi connectivity index (χ0) is 17.2. The third-order valence-electron chi connectivity index (χ3n) is 5.79. The minimum Gasteiger partial charge on any atom is -0.381 e. The third-order valence-corrected chi connectivity index (χ3v) is 6.11. The first-order valence-electron chi connectivity index (χ1n) is 9.36. The van der Waals surface area contributed by atoms with Gasteiger partial charge in [0, 0.05) is 52.0 Å². The van der Waals surface area contributed by atoms with Crippen LogP contribution in [0.1, 0.15) is 19.3 Å². The summed E-state index contributed by atoms with van der Waals surface area (Å²) in [5.41, 5.74) is 1.10. The zero-order valence-electron chi connectivity index (χ0n) is 14.6. The Labute approximate surface area is 154 Å². The van der Waals surface area contributed by atoms with E-state index in [1.807, 2.05) is 18.2 Å². The van der Waals surface area contributed by atoms with E-state index in [1.54, 1.807) is 0 Å². The fraction of sp³-hybridized carbons (Fsp3) is 0.632. The summed E-state index contributed by atoms with van der Waals surface area (Å²) in [5.74, 6) is 0.332. The van der Waals surface area contributed by atoms with Crippen molar-refractivity contribution in [2.24, 2.45) is 0 Å². The normalized spacial score (nSPS) is 26.4. The Morgan fingerprint density at radius 3 is 2.40 bits per heavy atom. The molecule has 25 heavy (non-hydrogen) atoms. The maximum atomic E-state index is 12.9. The molecular weight excluding hydrogens is 338 g/mol. The molecule has 0 saturated carbocycles. The summed E-state index contributed by atoms with van der Waals surface area (Å²) in [5, 5.41) is 0.804. The van der Waals surface area contributed by atoms with Crippen molar-refractivity contribution >= 4 is 23.2 Å². The van der Waals surface area contributed by atoms with E-state index >= 15 is 0 Å². The maximum absolute atomic E-state index is 12.9. The van der Waals surface area contributed by atoms with E-state index in [2.05, 4.69) is 20.8 Å². The molecule has 0 spiro atoms. The molecule has 0 unspecified atom stereocenters. The summed E-state index contributed by atoms with van der Waals surface area (Å²) in [7, 11) is 0. The third kappa shape index (κ3) is 3.50. The number of benzene rings is 1. The van der Waals surface area contributed by atoms with Crippen LogP contribution >= 0.6 is 11.6 Å². The standard InChI is InChI=1S/C19H26ClN3O2/c20-16-3-1-2-4-17(16)21-9-11-22(12-10-21)18-5-8-23(19(18)24)15-6-13-25-14-7-15/h1-4,15,18H,5-14H2/t18-/m1/s1. The average Bonchev–Trinajstić information content (AvgIpc) is 3.04. The molecule has 3 aliphatic heterocycles. The molecule has 0 N–H and O–H groups in total. The van der Waals surface area contributed by atoms with Crippen molar-refractivity contribution in [3.63, 3.8) is 0 Å². The predicted octanol–water partition coefficient (Wildman–Crippen LogP) is 2.24. The minimum absolute atomic E-state index is 0.0660. The molecule has 1 aromatic carbocycles. The molecule has 0 aromatic heterocycles. The Morgan fingerprint density at radius 2 is 1.68 bits per heavy atom. The van der Waals surface area contributed by atoms with E-state index in [1.165, 1.54) is 0 Å². The molecule has 6 heteroatoms. The molecule has 136 valence electrons. The molecule has 1 aromatic rings. The Kier molecular flexibility index (Phi) is 5.15. The Bertz CT molecular complexity index is 612. The molecule has 5 nitrogen and oxygen atoms in total. The van der Waals surface area contributed by atoms with Gasteiger partial charge in [-0.15, -0.1) is 0 Å². The number of hydrogen-bond acceptors (Lipinski definition) is 4. The van der Waals surface area contributed by atoms with Crippen LogP contribution in [0.5, 0.6) is 0 Å². The van der Waals surface area contributed by atoms with Gasteiger partial charge in [0.1, 0.15) is 0 Å². The van der Waals surface area contributed by atoms with Gasteiger partial charge in [-0.2, -0.15) is 0 Å². The van der Waals surface area contributed by atoms with Gasteiger partial charge >= 0.3 is 0 Å². The number of likely N-dealkylation sites (tertiary alicyclic amines) is 1. The lowest BCUT2D eigenvalue weighted by molar-refractivity contribution is -0.135. The van der Waals surface area contributed by atoms with Gasteiger partial charge in [0.25, 0.3) is 0 Å². The number of piperazine rings is 1. The first-order chi connectivity index (χ1) is 12.2. The van der Waals surface area contributed by atoms with Crippen LogP contribution in [0.15, 0.2) is 24.3 Å². The molecule has 0 radical (unpaired) electrons. The second kappa shape index (κ2) is 7.52. The van der Waals surface area contributed by atoms with Crippen molar-refractivity contribution in [1.29, 1.82) is 0 Å². The quantitative estimate of drug-likeness (QED) is 0.825. The SMILES string of the molecule is O=C1[C@H](N2CCN(c3ccccc3Cl)CC2)CCN1C1CCOCC1. The number of hydrogen-bond donors (Lipinski definition) is 0. The summed E-state index contributed by atoms with van der Waals surface area (Å²) in [6, 6.07) is 8.46. The molecule has 4 rings (SSSR count). The Morgan fingerprint density at radius 1 is 0.960 bits per heavy atom. The maximum Gasteiger partial charge on any atom is 0.240 e. The molecular formula is C19H26ClN3O2. The molecule has 1 atom stereocenters. The topological polar surface area (TPSA) is 36.0 Å². The average molecular weight is 364 g/mol. The largest absolute Gasteiger partial charge is 0.381 e. The van der Waals surface area contributed by atoms with Crippen LogP contribution in [-0.4, -0.2) is 73.7 Å². The number of halogens is 1. The zero-order valence-corrected chi connectivity index (χ0v) is 15.3. The molecule has 0 aliphatic carbocycles. The number of nitrogens with zero attached hydrogens (tertiary/aromatic N) is 3. The number of carbonyl (C=O) groups excluding carboxylic acids is 1. The van der Waals surface area contributed by atoms with Crippen molar-refractivity contribution < 1.29 is 9.53 Å². The van der Waals surface area contributed by atoms with Gasteiger partial charge in [-0.05, 0) is 31.4 Å². The first-order valence-corrected chi connectivity index (χ1v) is 9.73. The Hall–Kier alpha value is -1.30. The molecule has 0 bridgehead atoms. The summed E-state index contributed by atoms with van der Waals surface area (Å²) in [6.45, 7) is 6.16. The second-order valence-electron chi connectivity index (χ2n) is 7.15. The van der Waals surface area contributed by atoms with Crippen LogP contribution in [0.25, 0.3) is 0 Å². The van der Waals surface area contributed by atoms with Gasteiger partial charge in [-0.3, -0.25) is 9.69 Å². The van der Waals surface area contributed by atoms with E-state index in [0.717, 1.165) is 75.9 Å². The summed E-state index contributed by atoms with van der Waals surface area (Å²) < 4.78 is 5.44. The predicted molar refractivity (Wildman–Crippen MR) is 99.2 cm³/mol. The monoisotopic (exact) mass is 363 g/mol. The Balaban J connectivity index is 1.35. The van der Waals surface area contributed by atoms with E-state index in [0.29, 0.717) is 11.9 Å². The van der Waals surface area contributed by atoms with Gasteiger partial charge in [-0.25, -0.2) is 0 Å². The minimum atomic E-state index is 0.0660. The lowest BCUT2D eigenvalue weighted by Gasteiger charge is -2.39. The van der Waals surface area contributed by atoms with Crippen LogP contribution in [0, 0.1) is 0 Å². The van der Waals surface area contributed by atoms with Crippen molar-refractivity contribution in [3.8, 4) is 0 Å². The van der Waals surface area contributed by atoms with Crippen molar-refractivity contribution in [2.75, 3.05) is 50.8 Å². The lowest BCUT2D eigenvalue weighted by Crippen LogP contribution is -2.53. The van der Waals surface area contributed by atoms with E-state index in [9.17, 15) is 4.79 Å². The van der Waals surface area contributed by atoms with Gasteiger partial charge in [0.2, 0.25) is 5.91 Å². The van der Waals surface area contributed by atoms with E-state index < -0.39 is 0 Å². The summed E-state index contributed by atoms with van der Waals surface area (Å²) >= 11 is 6.32. The van der Waals surface area contributed by atoms with E-state index in [-0.39, 0.29) is 6.04 Å². The fourth-order valence-electron chi connectivity index (χ4n) is 4.37. The fourth-order valence-corrected chi connectivity index (χ4v) is 4.62. The molecule has 1 amide bonds. The lowest BCUT2D eigenvalue weighted by atomic mass is 10.1. The molecule has 3 fully saturated rings. The van der Waals surface area contributed by atoms with Gasteiger partial charge in [0.05, 0.1) is 16.8 Å². The highest BCUT2D eigenvalue weighted by atomic mass is 35.5. The molecule has 3 saturated heterocycles. The van der Waals surface area contributed by atoms with Crippen LogP contribution in [-0.2, 0) is 9.53 Å². The highest BCUT2D eigenvalue weighted by molar-refractivity contribution is 6.33. The van der Waals surface area contributed by atoms with Crippen molar-refractivity contribution in [3.05, 3.63) is 29.3 Å². The number of amides is 1. The number of anilines is 1. The molecule has 3 heterocycles. The number of rotatable bonds is 3. The summed E-state index contributed by atoms with van der Waals surface area (Å²) in [6.07, 6.45) is 2.93. The van der Waals surface area contributed by atoms with Gasteiger partial charge in [0.15, 0.2) is 0 Å². The number of ether oxygens (including phenoxy) is 1. The van der Waals surface area contributed by atoms with Crippen molar-refractivity contribution in [1.82, 2.24) is 9.80 Å². The second-order valence-corrected chi connectivity index (χ2v) is 7.56. The first kappa shape index (κ1) is 17.1. The summed E-state index contributed by atoms with van der Waals surface area (Å²) in [4.78, 5) is 19.7. The van der Waals surface area contributed by atoms with E-state index in [4.69, 9.17) is 16.3 Å². The highest BCUT2D eigenvalue weighted by Crippen LogP contribution is 2.28. The van der Waals surface area contributed by atoms with Crippen LogP contribution in [0.3, 0.4) is 0 Å². The molecule has 3 aliphatic rings. The number of para-hydroxylation sites is 1. The van der Waals surface area contributed by atoms with Gasteiger partial charge in [-0.1, -0.05) is 23.7 Å². The van der Waals surface area contributed by atoms with Crippen LogP contribution in [0.4, 0.5) is 5.69 Å². The van der Waals surface area contributed by atoms with Crippen LogP contribution in [0.2, 0.25) is 5.02 Å².